The fourth-order valence-corrected chi connectivity index (χ4v) is 2.23. The Morgan fingerprint density at radius 1 is 1.33 bits per heavy atom. The average molecular weight is 312 g/mol. The lowest BCUT2D eigenvalue weighted by atomic mass is 10.0. The predicted molar refractivity (Wildman–Crippen MR) is 71.8 cm³/mol. The number of pyridine rings is 1. The van der Waals surface area contributed by atoms with Crippen molar-refractivity contribution in [3.05, 3.63) is 39.1 Å². The first kappa shape index (κ1) is 10.8. The van der Waals surface area contributed by atoms with Gasteiger partial charge in [0.25, 0.3) is 0 Å². The first-order valence-electron chi connectivity index (χ1n) is 4.90. The Labute approximate surface area is 103 Å². The van der Waals surface area contributed by atoms with E-state index in [1.165, 1.54) is 14.5 Å². The first-order valence-corrected chi connectivity index (χ1v) is 5.98. The monoisotopic (exact) mass is 312 g/mol. The molecule has 0 radical (unpaired) electrons. The highest BCUT2D eigenvalue weighted by Crippen LogP contribution is 2.24. The van der Waals surface area contributed by atoms with Crippen LogP contribution in [-0.4, -0.2) is 4.98 Å². The third-order valence-corrected chi connectivity index (χ3v) is 3.09. The molecule has 2 aromatic rings. The highest BCUT2D eigenvalue weighted by molar-refractivity contribution is 14.1. The lowest BCUT2D eigenvalue weighted by molar-refractivity contribution is 0.823. The number of benzene rings is 1. The molecule has 0 aliphatic carbocycles. The molecule has 0 aliphatic heterocycles. The maximum atomic E-state index is 5.97. The van der Waals surface area contributed by atoms with Crippen molar-refractivity contribution < 1.29 is 0 Å². The lowest BCUT2D eigenvalue weighted by Crippen LogP contribution is -2.06. The van der Waals surface area contributed by atoms with Gasteiger partial charge >= 0.3 is 0 Å². The standard InChI is InChI=1S/C12H13IN2/c1-7-5-10(8(2)14)11-6-9(13)3-4-12(11)15-7/h3-6,8H,14H2,1-2H3. The summed E-state index contributed by atoms with van der Waals surface area (Å²) in [7, 11) is 0. The van der Waals surface area contributed by atoms with Crippen molar-refractivity contribution in [1.82, 2.24) is 4.98 Å². The van der Waals surface area contributed by atoms with E-state index in [1.54, 1.807) is 0 Å². The third-order valence-electron chi connectivity index (χ3n) is 2.42. The van der Waals surface area contributed by atoms with Crippen LogP contribution >= 0.6 is 22.6 Å². The van der Waals surface area contributed by atoms with Crippen LogP contribution in [0.4, 0.5) is 0 Å². The van der Waals surface area contributed by atoms with Gasteiger partial charge in [-0.3, -0.25) is 4.98 Å². The number of nitrogens with zero attached hydrogens (tertiary/aromatic N) is 1. The van der Waals surface area contributed by atoms with E-state index in [-0.39, 0.29) is 6.04 Å². The Bertz CT molecular complexity index is 506. The van der Waals surface area contributed by atoms with Crippen molar-refractivity contribution in [1.29, 1.82) is 0 Å². The number of aromatic nitrogens is 1. The van der Waals surface area contributed by atoms with Gasteiger partial charge in [0.15, 0.2) is 0 Å². The number of fused-ring (bicyclic) bond motifs is 1. The molecular formula is C12H13IN2. The zero-order valence-electron chi connectivity index (χ0n) is 8.79. The summed E-state index contributed by atoms with van der Waals surface area (Å²) in [4.78, 5) is 4.50. The molecule has 0 spiro atoms. The predicted octanol–water partition coefficient (Wildman–Crippen LogP) is 3.17. The fourth-order valence-electron chi connectivity index (χ4n) is 1.74. The first-order chi connectivity index (χ1) is 7.08. The molecule has 1 aromatic carbocycles. The summed E-state index contributed by atoms with van der Waals surface area (Å²) >= 11 is 2.31. The van der Waals surface area contributed by atoms with Crippen molar-refractivity contribution >= 4 is 33.5 Å². The molecular weight excluding hydrogens is 299 g/mol. The highest BCUT2D eigenvalue weighted by Gasteiger charge is 2.07. The Hall–Kier alpha value is -0.680. The van der Waals surface area contributed by atoms with Crippen LogP contribution in [0.5, 0.6) is 0 Å². The molecule has 1 atom stereocenters. The van der Waals surface area contributed by atoms with Crippen molar-refractivity contribution in [2.24, 2.45) is 5.73 Å². The summed E-state index contributed by atoms with van der Waals surface area (Å²) in [5, 5.41) is 1.17. The number of hydrogen-bond acceptors (Lipinski definition) is 2. The van der Waals surface area contributed by atoms with Crippen LogP contribution in [0.3, 0.4) is 0 Å². The van der Waals surface area contributed by atoms with E-state index in [2.05, 4.69) is 51.8 Å². The Morgan fingerprint density at radius 2 is 2.07 bits per heavy atom. The topological polar surface area (TPSA) is 38.9 Å². The molecule has 0 bridgehead atoms. The zero-order chi connectivity index (χ0) is 11.0. The number of nitrogens with two attached hydrogens (primary N) is 1. The van der Waals surface area contributed by atoms with Gasteiger partial charge in [-0.25, -0.2) is 0 Å². The minimum atomic E-state index is 0.0485. The van der Waals surface area contributed by atoms with E-state index < -0.39 is 0 Å². The van der Waals surface area contributed by atoms with E-state index in [0.29, 0.717) is 0 Å². The molecule has 1 unspecified atom stereocenters. The lowest BCUT2D eigenvalue weighted by Gasteiger charge is -2.11. The maximum Gasteiger partial charge on any atom is 0.0709 e. The van der Waals surface area contributed by atoms with E-state index >= 15 is 0 Å². The number of halogens is 1. The molecule has 3 heteroatoms. The maximum absolute atomic E-state index is 5.97. The second kappa shape index (κ2) is 4.06. The van der Waals surface area contributed by atoms with Crippen LogP contribution in [0.1, 0.15) is 24.2 Å². The average Bonchev–Trinajstić information content (AvgIpc) is 2.17. The Balaban J connectivity index is 2.81. The largest absolute Gasteiger partial charge is 0.324 e. The number of aryl methyl sites for hydroxylation is 1. The van der Waals surface area contributed by atoms with Crippen molar-refractivity contribution in [2.75, 3.05) is 0 Å². The van der Waals surface area contributed by atoms with Crippen LogP contribution in [0.2, 0.25) is 0 Å². The minimum absolute atomic E-state index is 0.0485. The normalized spacial score (nSPS) is 13.1. The van der Waals surface area contributed by atoms with Crippen LogP contribution < -0.4 is 5.73 Å². The van der Waals surface area contributed by atoms with E-state index in [0.717, 1.165) is 11.2 Å². The molecule has 1 heterocycles. The Kier molecular flexibility index (Phi) is 2.93. The van der Waals surface area contributed by atoms with Gasteiger partial charge < -0.3 is 5.73 Å². The van der Waals surface area contributed by atoms with Gasteiger partial charge in [-0.1, -0.05) is 0 Å². The molecule has 0 saturated carbocycles. The summed E-state index contributed by atoms with van der Waals surface area (Å²) in [5.74, 6) is 0. The van der Waals surface area contributed by atoms with Crippen LogP contribution in [0.15, 0.2) is 24.3 Å². The van der Waals surface area contributed by atoms with Gasteiger partial charge in [-0.2, -0.15) is 0 Å². The summed E-state index contributed by atoms with van der Waals surface area (Å²) < 4.78 is 1.22. The summed E-state index contributed by atoms with van der Waals surface area (Å²) in [5.41, 5.74) is 9.20. The third kappa shape index (κ3) is 2.13. The van der Waals surface area contributed by atoms with Crippen LogP contribution in [0, 0.1) is 10.5 Å². The van der Waals surface area contributed by atoms with Gasteiger partial charge in [0.2, 0.25) is 0 Å². The van der Waals surface area contributed by atoms with Crippen molar-refractivity contribution in [3.63, 3.8) is 0 Å². The van der Waals surface area contributed by atoms with Gasteiger partial charge in [0.1, 0.15) is 0 Å². The van der Waals surface area contributed by atoms with Crippen molar-refractivity contribution in [3.8, 4) is 0 Å². The smallest absolute Gasteiger partial charge is 0.0709 e. The molecule has 15 heavy (non-hydrogen) atoms. The van der Waals surface area contributed by atoms with Crippen LogP contribution in [-0.2, 0) is 0 Å². The van der Waals surface area contributed by atoms with Gasteiger partial charge in [0, 0.05) is 20.7 Å². The second-order valence-corrected chi connectivity index (χ2v) is 5.05. The van der Waals surface area contributed by atoms with Gasteiger partial charge in [-0.15, -0.1) is 0 Å². The molecule has 1 aromatic heterocycles. The quantitative estimate of drug-likeness (QED) is 0.822. The molecule has 0 fully saturated rings. The zero-order valence-corrected chi connectivity index (χ0v) is 10.9. The van der Waals surface area contributed by atoms with Crippen molar-refractivity contribution in [2.45, 2.75) is 19.9 Å². The molecule has 2 rings (SSSR count). The number of rotatable bonds is 1. The van der Waals surface area contributed by atoms with Crippen LogP contribution in [0.25, 0.3) is 10.9 Å². The summed E-state index contributed by atoms with van der Waals surface area (Å²) in [6, 6.07) is 8.38. The van der Waals surface area contributed by atoms with E-state index in [1.807, 2.05) is 13.8 Å². The summed E-state index contributed by atoms with van der Waals surface area (Å²) in [6.07, 6.45) is 0. The molecule has 0 aliphatic rings. The second-order valence-electron chi connectivity index (χ2n) is 3.80. The van der Waals surface area contributed by atoms with Gasteiger partial charge in [0.05, 0.1) is 5.52 Å². The fraction of sp³-hybridized carbons (Fsp3) is 0.250. The molecule has 0 amide bonds. The highest BCUT2D eigenvalue weighted by atomic mass is 127. The van der Waals surface area contributed by atoms with E-state index in [4.69, 9.17) is 5.73 Å². The minimum Gasteiger partial charge on any atom is -0.324 e. The molecule has 0 saturated heterocycles. The molecule has 78 valence electrons. The van der Waals surface area contributed by atoms with E-state index in [9.17, 15) is 0 Å². The Morgan fingerprint density at radius 3 is 2.73 bits per heavy atom. The molecule has 2 nitrogen and oxygen atoms in total. The van der Waals surface area contributed by atoms with Gasteiger partial charge in [-0.05, 0) is 66.3 Å². The number of hydrogen-bond donors (Lipinski definition) is 1. The summed E-state index contributed by atoms with van der Waals surface area (Å²) in [6.45, 7) is 4.01. The molecule has 2 N–H and O–H groups in total. The SMILES string of the molecule is Cc1cc(C(C)N)c2cc(I)ccc2n1.